The lowest BCUT2D eigenvalue weighted by Crippen LogP contribution is -2.31. The minimum Gasteiger partial charge on any atom is -0.325 e. The number of hydrogen-bond donors (Lipinski definition) is 0. The van der Waals surface area contributed by atoms with Gasteiger partial charge in [0.1, 0.15) is 5.37 Å². The lowest BCUT2D eigenvalue weighted by molar-refractivity contribution is -0.132. The van der Waals surface area contributed by atoms with Gasteiger partial charge in [-0.2, -0.15) is 0 Å². The smallest absolute Gasteiger partial charge is 0.226 e. The Labute approximate surface area is 121 Å². The zero-order valence-corrected chi connectivity index (χ0v) is 12.1. The van der Waals surface area contributed by atoms with Crippen molar-refractivity contribution in [3.8, 4) is 0 Å². The second-order valence-corrected chi connectivity index (χ2v) is 6.65. The first-order valence-corrected chi connectivity index (χ1v) is 7.85. The highest BCUT2D eigenvalue weighted by Crippen LogP contribution is 2.45. The van der Waals surface area contributed by atoms with Crippen molar-refractivity contribution in [2.75, 3.05) is 12.3 Å². The Balaban J connectivity index is 1.90. The maximum Gasteiger partial charge on any atom is 0.226 e. The fraction of sp³-hybridized carbons (Fsp3) is 0.462. The first-order chi connectivity index (χ1) is 8.68. The number of hydrogen-bond acceptors (Lipinski definition) is 2. The summed E-state index contributed by atoms with van der Waals surface area (Å²) in [4.78, 5) is 14.2. The van der Waals surface area contributed by atoms with Gasteiger partial charge in [0.15, 0.2) is 0 Å². The van der Waals surface area contributed by atoms with Crippen molar-refractivity contribution in [2.24, 2.45) is 5.92 Å². The van der Waals surface area contributed by atoms with Crippen molar-refractivity contribution < 1.29 is 4.79 Å². The molecule has 1 amide bonds. The third-order valence-corrected chi connectivity index (χ3v) is 5.42. The van der Waals surface area contributed by atoms with Crippen molar-refractivity contribution in [1.29, 1.82) is 0 Å². The molecule has 96 valence electrons. The molecule has 0 radical (unpaired) electrons. The molecular formula is C13H13Cl2NOS. The normalized spacial score (nSPS) is 23.4. The molecule has 0 unspecified atom stereocenters. The second kappa shape index (κ2) is 4.95. The van der Waals surface area contributed by atoms with Gasteiger partial charge >= 0.3 is 0 Å². The van der Waals surface area contributed by atoms with Crippen molar-refractivity contribution in [3.05, 3.63) is 33.8 Å². The van der Waals surface area contributed by atoms with E-state index in [1.54, 1.807) is 17.8 Å². The Bertz CT molecular complexity index is 490. The summed E-state index contributed by atoms with van der Waals surface area (Å²) in [6.07, 6.45) is 2.08. The van der Waals surface area contributed by atoms with Gasteiger partial charge in [-0.3, -0.25) is 4.79 Å². The summed E-state index contributed by atoms with van der Waals surface area (Å²) >= 11 is 14.1. The molecule has 1 aromatic rings. The largest absolute Gasteiger partial charge is 0.325 e. The molecule has 0 N–H and O–H groups in total. The first kappa shape index (κ1) is 12.6. The van der Waals surface area contributed by atoms with Crippen LogP contribution >= 0.6 is 35.0 Å². The second-order valence-electron chi connectivity index (χ2n) is 4.67. The third-order valence-electron chi connectivity index (χ3n) is 3.35. The van der Waals surface area contributed by atoms with Crippen LogP contribution in [0.1, 0.15) is 23.8 Å². The van der Waals surface area contributed by atoms with Crippen molar-refractivity contribution >= 4 is 40.9 Å². The molecule has 1 aliphatic heterocycles. The van der Waals surface area contributed by atoms with Crippen LogP contribution in [0, 0.1) is 5.92 Å². The molecule has 18 heavy (non-hydrogen) atoms. The predicted octanol–water partition coefficient (Wildman–Crippen LogP) is 3.98. The fourth-order valence-electron chi connectivity index (χ4n) is 2.23. The van der Waals surface area contributed by atoms with Gasteiger partial charge in [0.05, 0.1) is 10.0 Å². The molecule has 0 spiro atoms. The highest BCUT2D eigenvalue weighted by molar-refractivity contribution is 7.99. The van der Waals surface area contributed by atoms with Crippen LogP contribution in [0.4, 0.5) is 0 Å². The summed E-state index contributed by atoms with van der Waals surface area (Å²) in [5.74, 6) is 1.50. The number of rotatable bonds is 2. The highest BCUT2D eigenvalue weighted by atomic mass is 35.5. The molecule has 1 aliphatic carbocycles. The minimum absolute atomic E-state index is 0.0318. The quantitative estimate of drug-likeness (QED) is 0.823. The van der Waals surface area contributed by atoms with E-state index in [1.807, 2.05) is 17.0 Å². The molecule has 0 aromatic heterocycles. The van der Waals surface area contributed by atoms with Gasteiger partial charge in [0.2, 0.25) is 5.91 Å². The van der Waals surface area contributed by atoms with Crippen molar-refractivity contribution in [1.82, 2.24) is 4.90 Å². The lowest BCUT2D eigenvalue weighted by atomic mass is 10.2. The number of carbonyl (C=O) groups excluding carboxylic acids is 1. The molecule has 2 fully saturated rings. The van der Waals surface area contributed by atoms with Crippen LogP contribution in [0.25, 0.3) is 0 Å². The molecular weight excluding hydrogens is 289 g/mol. The van der Waals surface area contributed by atoms with E-state index in [4.69, 9.17) is 23.2 Å². The monoisotopic (exact) mass is 301 g/mol. The van der Waals surface area contributed by atoms with Gasteiger partial charge in [0, 0.05) is 23.8 Å². The molecule has 2 nitrogen and oxygen atoms in total. The molecule has 1 aromatic carbocycles. The zero-order valence-electron chi connectivity index (χ0n) is 9.73. The van der Waals surface area contributed by atoms with E-state index in [2.05, 4.69) is 0 Å². The van der Waals surface area contributed by atoms with E-state index in [9.17, 15) is 4.79 Å². The van der Waals surface area contributed by atoms with E-state index < -0.39 is 0 Å². The molecule has 3 rings (SSSR count). The van der Waals surface area contributed by atoms with E-state index in [0.29, 0.717) is 10.0 Å². The molecule has 1 saturated heterocycles. The Morgan fingerprint density at radius 2 is 2.11 bits per heavy atom. The summed E-state index contributed by atoms with van der Waals surface area (Å²) < 4.78 is 0. The minimum atomic E-state index is 0.0318. The van der Waals surface area contributed by atoms with Crippen LogP contribution in [-0.2, 0) is 4.79 Å². The Morgan fingerprint density at radius 3 is 2.83 bits per heavy atom. The van der Waals surface area contributed by atoms with E-state index in [-0.39, 0.29) is 17.2 Å². The summed E-state index contributed by atoms with van der Waals surface area (Å²) in [7, 11) is 0. The zero-order chi connectivity index (χ0) is 12.7. The van der Waals surface area contributed by atoms with Crippen LogP contribution in [0.3, 0.4) is 0 Å². The Kier molecular flexibility index (Phi) is 3.48. The van der Waals surface area contributed by atoms with Crippen LogP contribution in [0.2, 0.25) is 10.0 Å². The van der Waals surface area contributed by atoms with Crippen LogP contribution in [0.15, 0.2) is 18.2 Å². The van der Waals surface area contributed by atoms with Gasteiger partial charge < -0.3 is 4.90 Å². The number of benzene rings is 1. The Morgan fingerprint density at radius 1 is 1.33 bits per heavy atom. The molecule has 1 heterocycles. The molecule has 1 atom stereocenters. The fourth-order valence-corrected chi connectivity index (χ4v) is 4.00. The summed E-state index contributed by atoms with van der Waals surface area (Å²) in [5, 5.41) is 1.16. The predicted molar refractivity (Wildman–Crippen MR) is 76.1 cm³/mol. The first-order valence-electron chi connectivity index (χ1n) is 6.04. The van der Waals surface area contributed by atoms with Crippen LogP contribution in [0.5, 0.6) is 0 Å². The van der Waals surface area contributed by atoms with Gasteiger partial charge in [-0.15, -0.1) is 11.8 Å². The van der Waals surface area contributed by atoms with Gasteiger partial charge in [-0.25, -0.2) is 0 Å². The van der Waals surface area contributed by atoms with Gasteiger partial charge in [-0.1, -0.05) is 35.3 Å². The lowest BCUT2D eigenvalue weighted by Gasteiger charge is -2.25. The average molecular weight is 302 g/mol. The third kappa shape index (κ3) is 2.24. The standard InChI is InChI=1S/C13H13Cl2NOS/c14-10-3-1-2-9(11(10)15)13-16(6-7-18-13)12(17)8-4-5-8/h1-3,8,13H,4-7H2/t13-/m0/s1. The van der Waals surface area contributed by atoms with Crippen molar-refractivity contribution in [3.63, 3.8) is 0 Å². The summed E-state index contributed by atoms with van der Waals surface area (Å²) in [5.41, 5.74) is 0.959. The number of amides is 1. The van der Waals surface area contributed by atoms with Crippen LogP contribution < -0.4 is 0 Å². The topological polar surface area (TPSA) is 20.3 Å². The highest BCUT2D eigenvalue weighted by Gasteiger charge is 2.39. The maximum atomic E-state index is 12.2. The SMILES string of the molecule is O=C(C1CC1)N1CCS[C@H]1c1cccc(Cl)c1Cl. The van der Waals surface area contributed by atoms with Gasteiger partial charge in [0.25, 0.3) is 0 Å². The Hall–Kier alpha value is -0.380. The molecule has 5 heteroatoms. The molecule has 0 bridgehead atoms. The van der Waals surface area contributed by atoms with Crippen LogP contribution in [-0.4, -0.2) is 23.1 Å². The number of nitrogens with zero attached hydrogens (tertiary/aromatic N) is 1. The van der Waals surface area contributed by atoms with Gasteiger partial charge in [-0.05, 0) is 18.9 Å². The number of carbonyl (C=O) groups is 1. The summed E-state index contributed by atoms with van der Waals surface area (Å²) in [6, 6.07) is 5.63. The van der Waals surface area contributed by atoms with E-state index >= 15 is 0 Å². The molecule has 1 saturated carbocycles. The maximum absolute atomic E-state index is 12.2. The van der Waals surface area contributed by atoms with E-state index in [0.717, 1.165) is 30.7 Å². The number of thioether (sulfide) groups is 1. The number of halogens is 2. The van der Waals surface area contributed by atoms with E-state index in [1.165, 1.54) is 0 Å². The average Bonchev–Trinajstić information content (AvgIpc) is 3.10. The molecule has 2 aliphatic rings. The summed E-state index contributed by atoms with van der Waals surface area (Å²) in [6.45, 7) is 0.813. The van der Waals surface area contributed by atoms with Crippen molar-refractivity contribution in [2.45, 2.75) is 18.2 Å².